The second-order valence-electron chi connectivity index (χ2n) is 5.11. The monoisotopic (exact) mass is 251 g/mol. The molecule has 1 aromatic rings. The van der Waals surface area contributed by atoms with E-state index in [-0.39, 0.29) is 0 Å². The number of piperidine rings is 1. The van der Waals surface area contributed by atoms with Gasteiger partial charge in [0.1, 0.15) is 0 Å². The maximum absolute atomic E-state index is 5.07. The quantitative estimate of drug-likeness (QED) is 0.755. The van der Waals surface area contributed by atoms with Gasteiger partial charge in [0.25, 0.3) is 0 Å². The van der Waals surface area contributed by atoms with E-state index in [0.717, 1.165) is 26.1 Å². The molecule has 1 fully saturated rings. The fraction of sp³-hybridized carbons (Fsp3) is 0.786. The Labute approximate surface area is 110 Å². The summed E-state index contributed by atoms with van der Waals surface area (Å²) >= 11 is 0. The maximum Gasteiger partial charge on any atom is 0.0948 e. The lowest BCUT2D eigenvalue weighted by molar-refractivity contribution is 0.191. The lowest BCUT2D eigenvalue weighted by Gasteiger charge is -2.23. The Balaban J connectivity index is 1.79. The van der Waals surface area contributed by atoms with Gasteiger partial charge in [-0.25, -0.2) is 4.98 Å². The van der Waals surface area contributed by atoms with Gasteiger partial charge in [-0.2, -0.15) is 0 Å². The number of aryl methyl sites for hydroxylation is 1. The molecule has 4 nitrogen and oxygen atoms in total. The van der Waals surface area contributed by atoms with Gasteiger partial charge in [0.2, 0.25) is 0 Å². The number of hydrogen-bond donors (Lipinski definition) is 1. The molecule has 0 amide bonds. The van der Waals surface area contributed by atoms with Crippen molar-refractivity contribution >= 4 is 0 Å². The summed E-state index contributed by atoms with van der Waals surface area (Å²) in [7, 11) is 1.77. The predicted octanol–water partition coefficient (Wildman–Crippen LogP) is 2.17. The first-order chi connectivity index (χ1) is 8.92. The molecule has 0 saturated carbocycles. The molecule has 0 spiro atoms. The average Bonchev–Trinajstić information content (AvgIpc) is 2.88. The number of unbranched alkanes of at least 4 members (excludes halogenated alkanes) is 2. The molecule has 1 atom stereocenters. The average molecular weight is 251 g/mol. The topological polar surface area (TPSA) is 39.1 Å². The highest BCUT2D eigenvalue weighted by Crippen LogP contribution is 2.23. The molecule has 0 bridgehead atoms. The van der Waals surface area contributed by atoms with Gasteiger partial charge in [-0.3, -0.25) is 0 Å². The molecule has 1 unspecified atom stereocenters. The van der Waals surface area contributed by atoms with Gasteiger partial charge in [0.15, 0.2) is 0 Å². The number of rotatable bonds is 7. The van der Waals surface area contributed by atoms with E-state index in [4.69, 9.17) is 4.74 Å². The summed E-state index contributed by atoms with van der Waals surface area (Å²) in [4.78, 5) is 4.32. The molecule has 102 valence electrons. The molecule has 1 saturated heterocycles. The number of nitrogens with zero attached hydrogens (tertiary/aromatic N) is 2. The van der Waals surface area contributed by atoms with E-state index in [0.29, 0.717) is 5.92 Å². The highest BCUT2D eigenvalue weighted by Gasteiger charge is 2.18. The Hall–Kier alpha value is -0.870. The Morgan fingerprint density at radius 2 is 2.39 bits per heavy atom. The molecule has 2 heterocycles. The third-order valence-electron chi connectivity index (χ3n) is 3.71. The van der Waals surface area contributed by atoms with E-state index in [9.17, 15) is 0 Å². The minimum Gasteiger partial charge on any atom is -0.385 e. The van der Waals surface area contributed by atoms with Crippen molar-refractivity contribution in [2.45, 2.75) is 44.6 Å². The van der Waals surface area contributed by atoms with Crippen molar-refractivity contribution in [3.05, 3.63) is 18.2 Å². The summed E-state index contributed by atoms with van der Waals surface area (Å²) in [6, 6.07) is 0. The number of hydrogen-bond acceptors (Lipinski definition) is 3. The van der Waals surface area contributed by atoms with E-state index in [2.05, 4.69) is 14.9 Å². The fourth-order valence-corrected chi connectivity index (χ4v) is 2.67. The van der Waals surface area contributed by atoms with Crippen LogP contribution in [0, 0.1) is 0 Å². The molecule has 1 aromatic heterocycles. The molecule has 0 aromatic carbocycles. The van der Waals surface area contributed by atoms with Gasteiger partial charge in [-0.1, -0.05) is 0 Å². The highest BCUT2D eigenvalue weighted by molar-refractivity contribution is 5.08. The van der Waals surface area contributed by atoms with Crippen LogP contribution in [-0.4, -0.2) is 36.4 Å². The minimum atomic E-state index is 0.653. The molecule has 1 N–H and O–H groups in total. The van der Waals surface area contributed by atoms with Crippen LogP contribution in [0.3, 0.4) is 0 Å². The second-order valence-corrected chi connectivity index (χ2v) is 5.11. The first-order valence-electron chi connectivity index (χ1n) is 7.11. The SMILES string of the molecule is COCCCCCn1cncc1C1CCCNC1. The first kappa shape index (κ1) is 13.6. The Morgan fingerprint density at radius 1 is 1.44 bits per heavy atom. The minimum absolute atomic E-state index is 0.653. The summed E-state index contributed by atoms with van der Waals surface area (Å²) in [5.74, 6) is 0.653. The van der Waals surface area contributed by atoms with E-state index >= 15 is 0 Å². The van der Waals surface area contributed by atoms with E-state index in [1.165, 1.54) is 37.9 Å². The maximum atomic E-state index is 5.07. The molecule has 18 heavy (non-hydrogen) atoms. The molecular weight excluding hydrogens is 226 g/mol. The van der Waals surface area contributed by atoms with Crippen LogP contribution >= 0.6 is 0 Å². The molecule has 4 heteroatoms. The van der Waals surface area contributed by atoms with Crippen LogP contribution < -0.4 is 5.32 Å². The van der Waals surface area contributed by atoms with Crippen molar-refractivity contribution in [3.63, 3.8) is 0 Å². The smallest absolute Gasteiger partial charge is 0.0948 e. The largest absolute Gasteiger partial charge is 0.385 e. The third kappa shape index (κ3) is 3.82. The number of methoxy groups -OCH3 is 1. The van der Waals surface area contributed by atoms with Gasteiger partial charge in [-0.05, 0) is 38.6 Å². The van der Waals surface area contributed by atoms with Crippen LogP contribution in [0.25, 0.3) is 0 Å². The van der Waals surface area contributed by atoms with Crippen molar-refractivity contribution in [1.82, 2.24) is 14.9 Å². The van der Waals surface area contributed by atoms with Gasteiger partial charge < -0.3 is 14.6 Å². The summed E-state index contributed by atoms with van der Waals surface area (Å²) < 4.78 is 7.41. The van der Waals surface area contributed by atoms with Gasteiger partial charge in [-0.15, -0.1) is 0 Å². The number of aromatic nitrogens is 2. The molecule has 0 radical (unpaired) electrons. The van der Waals surface area contributed by atoms with Crippen LogP contribution in [0.5, 0.6) is 0 Å². The standard InChI is InChI=1S/C14H25N3O/c1-18-9-4-2-3-8-17-12-16-11-14(17)13-6-5-7-15-10-13/h11-13,15H,2-10H2,1H3. The van der Waals surface area contributed by atoms with Crippen LogP contribution in [0.15, 0.2) is 12.5 Å². The van der Waals surface area contributed by atoms with Crippen molar-refractivity contribution in [2.24, 2.45) is 0 Å². The molecule has 1 aliphatic heterocycles. The van der Waals surface area contributed by atoms with Crippen molar-refractivity contribution in [3.8, 4) is 0 Å². The normalized spacial score (nSPS) is 20.2. The zero-order valence-corrected chi connectivity index (χ0v) is 11.4. The third-order valence-corrected chi connectivity index (χ3v) is 3.71. The summed E-state index contributed by atoms with van der Waals surface area (Å²) in [6.07, 6.45) is 10.2. The number of nitrogens with one attached hydrogen (secondary N) is 1. The van der Waals surface area contributed by atoms with Crippen LogP contribution in [0.2, 0.25) is 0 Å². The second kappa shape index (κ2) is 7.54. The zero-order chi connectivity index (χ0) is 12.6. The van der Waals surface area contributed by atoms with E-state index < -0.39 is 0 Å². The van der Waals surface area contributed by atoms with Crippen molar-refractivity contribution in [2.75, 3.05) is 26.8 Å². The Bertz CT molecular complexity index is 332. The lowest BCUT2D eigenvalue weighted by atomic mass is 9.96. The van der Waals surface area contributed by atoms with Crippen molar-refractivity contribution in [1.29, 1.82) is 0 Å². The fourth-order valence-electron chi connectivity index (χ4n) is 2.67. The van der Waals surface area contributed by atoms with Crippen LogP contribution in [0.1, 0.15) is 43.7 Å². The van der Waals surface area contributed by atoms with Crippen LogP contribution in [0.4, 0.5) is 0 Å². The Kier molecular flexibility index (Phi) is 5.68. The molecule has 0 aliphatic carbocycles. The molecule has 1 aliphatic rings. The zero-order valence-electron chi connectivity index (χ0n) is 11.4. The summed E-state index contributed by atoms with van der Waals surface area (Å²) in [6.45, 7) is 4.25. The highest BCUT2D eigenvalue weighted by atomic mass is 16.5. The van der Waals surface area contributed by atoms with Gasteiger partial charge in [0.05, 0.1) is 6.33 Å². The van der Waals surface area contributed by atoms with Crippen molar-refractivity contribution < 1.29 is 4.74 Å². The molecule has 2 rings (SSSR count). The molecular formula is C14H25N3O. The number of ether oxygens (including phenoxy) is 1. The van der Waals surface area contributed by atoms with Gasteiger partial charge >= 0.3 is 0 Å². The lowest BCUT2D eigenvalue weighted by Crippen LogP contribution is -2.29. The van der Waals surface area contributed by atoms with Crippen LogP contribution in [-0.2, 0) is 11.3 Å². The van der Waals surface area contributed by atoms with Gasteiger partial charge in [0, 0.05) is 44.6 Å². The van der Waals surface area contributed by atoms with E-state index in [1.807, 2.05) is 12.5 Å². The van der Waals surface area contributed by atoms with E-state index in [1.54, 1.807) is 7.11 Å². The Morgan fingerprint density at radius 3 is 3.17 bits per heavy atom. The summed E-state index contributed by atoms with van der Waals surface area (Å²) in [5.41, 5.74) is 1.41. The first-order valence-corrected chi connectivity index (χ1v) is 7.11. The predicted molar refractivity (Wildman–Crippen MR) is 72.8 cm³/mol. The summed E-state index contributed by atoms with van der Waals surface area (Å²) in [5, 5.41) is 3.48. The number of imidazole rings is 1.